The van der Waals surface area contributed by atoms with Crippen molar-refractivity contribution < 1.29 is 8.85 Å². The highest BCUT2D eigenvalue weighted by Gasteiger charge is 2.15. The molecule has 0 aliphatic carbocycles. The molecule has 3 heteroatoms. The minimum atomic E-state index is -1.81. The molecule has 0 unspecified atom stereocenters. The Balaban J connectivity index is 2.02. The molecule has 0 atom stereocenters. The number of benzene rings is 2. The van der Waals surface area contributed by atoms with Crippen LogP contribution in [0.2, 0.25) is 6.04 Å². The van der Waals surface area contributed by atoms with Gasteiger partial charge in [0.2, 0.25) is 0 Å². The molecule has 0 aliphatic rings. The maximum atomic E-state index is 5.90. The maximum absolute atomic E-state index is 5.90. The number of allylic oxidation sites excluding steroid dienone is 1. The van der Waals surface area contributed by atoms with E-state index >= 15 is 0 Å². The zero-order chi connectivity index (χ0) is 12.6. The van der Waals surface area contributed by atoms with Crippen molar-refractivity contribution in [2.75, 3.05) is 0 Å². The van der Waals surface area contributed by atoms with Crippen LogP contribution in [-0.2, 0) is 0 Å². The second-order valence-corrected chi connectivity index (χ2v) is 5.62. The predicted molar refractivity (Wildman–Crippen MR) is 76.3 cm³/mol. The molecule has 0 saturated heterocycles. The first kappa shape index (κ1) is 12.5. The molecular weight excluding hydrogens is 240 g/mol. The molecule has 92 valence electrons. The summed E-state index contributed by atoms with van der Waals surface area (Å²) < 4.78 is 11.8. The Bertz CT molecular complexity index is 429. The lowest BCUT2D eigenvalue weighted by molar-refractivity contribution is 0.426. The Morgan fingerprint density at radius 2 is 1.28 bits per heavy atom. The van der Waals surface area contributed by atoms with Crippen LogP contribution >= 0.6 is 0 Å². The standard InChI is InChI=1S/C15H16O2Si/c1-2-13-18(16-14-9-5-3-6-10-14)17-15-11-7-4-8-12-15/h2-12,18H,1,13H2. The Morgan fingerprint density at radius 1 is 0.833 bits per heavy atom. The van der Waals surface area contributed by atoms with Crippen LogP contribution in [0.15, 0.2) is 73.3 Å². The third-order valence-electron chi connectivity index (χ3n) is 2.38. The van der Waals surface area contributed by atoms with E-state index in [1.165, 1.54) is 0 Å². The summed E-state index contributed by atoms with van der Waals surface area (Å²) in [6.45, 7) is 3.76. The van der Waals surface area contributed by atoms with Gasteiger partial charge in [0.05, 0.1) is 0 Å². The molecular formula is C15H16O2Si. The van der Waals surface area contributed by atoms with Crippen molar-refractivity contribution in [3.05, 3.63) is 73.3 Å². The van der Waals surface area contributed by atoms with Crippen LogP contribution in [0.5, 0.6) is 11.5 Å². The molecule has 2 aromatic rings. The molecule has 0 aliphatic heterocycles. The van der Waals surface area contributed by atoms with Gasteiger partial charge in [0.1, 0.15) is 11.5 Å². The SMILES string of the molecule is C=CC[SiH](Oc1ccccc1)Oc1ccccc1. The van der Waals surface area contributed by atoms with Gasteiger partial charge >= 0.3 is 9.28 Å². The molecule has 2 aromatic carbocycles. The molecule has 0 aromatic heterocycles. The van der Waals surface area contributed by atoms with E-state index in [1.54, 1.807) is 0 Å². The van der Waals surface area contributed by atoms with E-state index in [2.05, 4.69) is 6.58 Å². The normalized spacial score (nSPS) is 10.1. The fraction of sp³-hybridized carbons (Fsp3) is 0.0667. The monoisotopic (exact) mass is 256 g/mol. The topological polar surface area (TPSA) is 18.5 Å². The highest BCUT2D eigenvalue weighted by atomic mass is 28.3. The van der Waals surface area contributed by atoms with Crippen molar-refractivity contribution in [3.8, 4) is 11.5 Å². The molecule has 0 amide bonds. The summed E-state index contributed by atoms with van der Waals surface area (Å²) in [5.74, 6) is 1.71. The molecule has 0 fully saturated rings. The van der Waals surface area contributed by atoms with Gasteiger partial charge in [-0.15, -0.1) is 6.58 Å². The minimum absolute atomic E-state index is 0.768. The van der Waals surface area contributed by atoms with Crippen LogP contribution in [0.1, 0.15) is 0 Å². The Labute approximate surface area is 109 Å². The van der Waals surface area contributed by atoms with Gasteiger partial charge in [0.25, 0.3) is 0 Å². The average Bonchev–Trinajstić information content (AvgIpc) is 2.41. The zero-order valence-corrected chi connectivity index (χ0v) is 11.3. The van der Waals surface area contributed by atoms with Crippen LogP contribution in [0.3, 0.4) is 0 Å². The average molecular weight is 256 g/mol. The van der Waals surface area contributed by atoms with E-state index in [4.69, 9.17) is 8.85 Å². The summed E-state index contributed by atoms with van der Waals surface area (Å²) in [5.41, 5.74) is 0. The second-order valence-electron chi connectivity index (χ2n) is 3.82. The molecule has 0 radical (unpaired) electrons. The lowest BCUT2D eigenvalue weighted by atomic mass is 10.3. The fourth-order valence-corrected chi connectivity index (χ4v) is 2.99. The summed E-state index contributed by atoms with van der Waals surface area (Å²) in [5, 5.41) is 0. The lowest BCUT2D eigenvalue weighted by Gasteiger charge is -2.17. The number of rotatable bonds is 6. The van der Waals surface area contributed by atoms with Gasteiger partial charge in [-0.2, -0.15) is 0 Å². The van der Waals surface area contributed by atoms with Gasteiger partial charge in [0, 0.05) is 6.04 Å². The van der Waals surface area contributed by atoms with Crippen LogP contribution in [0.4, 0.5) is 0 Å². The molecule has 0 N–H and O–H groups in total. The number of hydrogen-bond acceptors (Lipinski definition) is 2. The number of hydrogen-bond donors (Lipinski definition) is 0. The Hall–Kier alpha value is -2.00. The van der Waals surface area contributed by atoms with E-state index in [0.717, 1.165) is 17.5 Å². The van der Waals surface area contributed by atoms with Crippen LogP contribution < -0.4 is 8.85 Å². The Morgan fingerprint density at radius 3 is 1.67 bits per heavy atom. The van der Waals surface area contributed by atoms with Crippen LogP contribution in [-0.4, -0.2) is 9.28 Å². The molecule has 0 saturated carbocycles. The van der Waals surface area contributed by atoms with Gasteiger partial charge < -0.3 is 8.85 Å². The van der Waals surface area contributed by atoms with E-state index in [9.17, 15) is 0 Å². The van der Waals surface area contributed by atoms with Crippen molar-refractivity contribution in [1.29, 1.82) is 0 Å². The van der Waals surface area contributed by atoms with Crippen molar-refractivity contribution in [1.82, 2.24) is 0 Å². The quantitative estimate of drug-likeness (QED) is 0.581. The second kappa shape index (κ2) is 6.66. The van der Waals surface area contributed by atoms with Gasteiger partial charge in [-0.25, -0.2) is 0 Å². The van der Waals surface area contributed by atoms with Gasteiger partial charge in [-0.1, -0.05) is 42.5 Å². The van der Waals surface area contributed by atoms with E-state index in [1.807, 2.05) is 66.7 Å². The summed E-state index contributed by atoms with van der Waals surface area (Å²) in [6, 6.07) is 20.3. The largest absolute Gasteiger partial charge is 0.514 e. The minimum Gasteiger partial charge on any atom is -0.514 e. The van der Waals surface area contributed by atoms with Gasteiger partial charge in [-0.3, -0.25) is 0 Å². The Kier molecular flexibility index (Phi) is 4.61. The summed E-state index contributed by atoms with van der Waals surface area (Å²) in [6.07, 6.45) is 1.85. The predicted octanol–water partition coefficient (Wildman–Crippen LogP) is 3.55. The first-order valence-electron chi connectivity index (χ1n) is 5.93. The maximum Gasteiger partial charge on any atom is 0.448 e. The van der Waals surface area contributed by atoms with Crippen molar-refractivity contribution in [3.63, 3.8) is 0 Å². The summed E-state index contributed by atoms with van der Waals surface area (Å²) in [4.78, 5) is 0. The van der Waals surface area contributed by atoms with Gasteiger partial charge in [0.15, 0.2) is 0 Å². The lowest BCUT2D eigenvalue weighted by Crippen LogP contribution is -2.28. The molecule has 2 rings (SSSR count). The van der Waals surface area contributed by atoms with Gasteiger partial charge in [-0.05, 0) is 24.3 Å². The van der Waals surface area contributed by atoms with Crippen LogP contribution in [0.25, 0.3) is 0 Å². The first-order chi connectivity index (χ1) is 8.88. The number of para-hydroxylation sites is 2. The molecule has 0 spiro atoms. The smallest absolute Gasteiger partial charge is 0.448 e. The third-order valence-corrected chi connectivity index (χ3v) is 4.17. The summed E-state index contributed by atoms with van der Waals surface area (Å²) in [7, 11) is -1.81. The molecule has 0 heterocycles. The van der Waals surface area contributed by atoms with Crippen molar-refractivity contribution in [2.24, 2.45) is 0 Å². The molecule has 0 bridgehead atoms. The molecule has 18 heavy (non-hydrogen) atoms. The fourth-order valence-electron chi connectivity index (χ4n) is 1.56. The first-order valence-corrected chi connectivity index (χ1v) is 7.69. The third kappa shape index (κ3) is 3.78. The van der Waals surface area contributed by atoms with Crippen molar-refractivity contribution in [2.45, 2.75) is 6.04 Å². The summed E-state index contributed by atoms with van der Waals surface area (Å²) >= 11 is 0. The zero-order valence-electron chi connectivity index (χ0n) is 10.2. The van der Waals surface area contributed by atoms with Crippen LogP contribution in [0, 0.1) is 0 Å². The van der Waals surface area contributed by atoms with E-state index in [0.29, 0.717) is 0 Å². The molecule has 2 nitrogen and oxygen atoms in total. The van der Waals surface area contributed by atoms with E-state index < -0.39 is 9.28 Å². The highest BCUT2D eigenvalue weighted by Crippen LogP contribution is 2.15. The van der Waals surface area contributed by atoms with Crippen molar-refractivity contribution >= 4 is 9.28 Å². The van der Waals surface area contributed by atoms with E-state index in [-0.39, 0.29) is 0 Å². The highest BCUT2D eigenvalue weighted by molar-refractivity contribution is 6.46.